The average Bonchev–Trinajstić information content (AvgIpc) is 2.26. The number of carbonyl (C=O) groups is 1. The van der Waals surface area contributed by atoms with E-state index in [1.807, 2.05) is 26.8 Å². The summed E-state index contributed by atoms with van der Waals surface area (Å²) in [4.78, 5) is 12.6. The second-order valence-corrected chi connectivity index (χ2v) is 7.00. The molecule has 1 rings (SSSR count). The van der Waals surface area contributed by atoms with Crippen molar-refractivity contribution in [3.05, 3.63) is 12.7 Å². The largest absolute Gasteiger partial charge is 0.351 e. The summed E-state index contributed by atoms with van der Waals surface area (Å²) in [6.45, 7) is 14.4. The Morgan fingerprint density at radius 1 is 1.44 bits per heavy atom. The Labute approximate surface area is 112 Å². The van der Waals surface area contributed by atoms with Gasteiger partial charge in [0, 0.05) is 11.0 Å². The van der Waals surface area contributed by atoms with Crippen molar-refractivity contribution >= 4 is 5.91 Å². The van der Waals surface area contributed by atoms with Gasteiger partial charge in [-0.3, -0.25) is 4.79 Å². The number of rotatable bonds is 3. The number of allylic oxidation sites excluding steroid dienone is 1. The highest BCUT2D eigenvalue weighted by Gasteiger charge is 2.45. The molecular weight excluding hydrogens is 222 g/mol. The van der Waals surface area contributed by atoms with Crippen LogP contribution >= 0.6 is 0 Å². The molecule has 1 aliphatic carbocycles. The smallest absolute Gasteiger partial charge is 0.226 e. The van der Waals surface area contributed by atoms with Crippen LogP contribution in [0, 0.1) is 17.3 Å². The van der Waals surface area contributed by atoms with E-state index < -0.39 is 0 Å². The summed E-state index contributed by atoms with van der Waals surface area (Å²) in [5.41, 5.74) is -0.390. The maximum atomic E-state index is 12.6. The van der Waals surface area contributed by atoms with Crippen molar-refractivity contribution in [3.63, 3.8) is 0 Å². The van der Waals surface area contributed by atoms with Crippen molar-refractivity contribution in [2.75, 3.05) is 0 Å². The minimum absolute atomic E-state index is 0.153. The molecule has 3 atom stereocenters. The maximum absolute atomic E-state index is 12.6. The summed E-state index contributed by atoms with van der Waals surface area (Å²) in [6, 6.07) is 0. The fraction of sp³-hybridized carbons (Fsp3) is 0.812. The first-order valence-electron chi connectivity index (χ1n) is 7.18. The highest BCUT2D eigenvalue weighted by atomic mass is 16.2. The molecule has 1 saturated carbocycles. The van der Waals surface area contributed by atoms with Gasteiger partial charge in [0.25, 0.3) is 0 Å². The molecule has 18 heavy (non-hydrogen) atoms. The van der Waals surface area contributed by atoms with Gasteiger partial charge in [0.15, 0.2) is 0 Å². The number of nitrogens with one attached hydrogen (secondary N) is 1. The highest BCUT2D eigenvalue weighted by molar-refractivity contribution is 5.83. The minimum atomic E-state index is -0.237. The zero-order valence-electron chi connectivity index (χ0n) is 12.7. The quantitative estimate of drug-likeness (QED) is 0.757. The summed E-state index contributed by atoms with van der Waals surface area (Å²) in [5.74, 6) is 1.20. The second kappa shape index (κ2) is 5.46. The molecule has 0 aliphatic heterocycles. The third-order valence-electron chi connectivity index (χ3n) is 4.31. The zero-order chi connectivity index (χ0) is 14.0. The molecule has 2 heteroatoms. The second-order valence-electron chi connectivity index (χ2n) is 7.00. The van der Waals surface area contributed by atoms with Gasteiger partial charge in [0.05, 0.1) is 0 Å². The Bertz CT molecular complexity index is 316. The molecule has 0 spiro atoms. The lowest BCUT2D eigenvalue weighted by atomic mass is 9.62. The van der Waals surface area contributed by atoms with E-state index in [-0.39, 0.29) is 16.9 Å². The van der Waals surface area contributed by atoms with E-state index in [4.69, 9.17) is 0 Å². The van der Waals surface area contributed by atoms with Crippen LogP contribution in [0.5, 0.6) is 0 Å². The first-order valence-corrected chi connectivity index (χ1v) is 7.18. The molecule has 0 aromatic rings. The number of carbonyl (C=O) groups excluding carboxylic acids is 1. The topological polar surface area (TPSA) is 29.1 Å². The molecule has 0 bridgehead atoms. The van der Waals surface area contributed by atoms with Crippen molar-refractivity contribution < 1.29 is 4.79 Å². The third kappa shape index (κ3) is 3.37. The van der Waals surface area contributed by atoms with Crippen molar-refractivity contribution in [2.24, 2.45) is 17.3 Å². The lowest BCUT2D eigenvalue weighted by molar-refractivity contribution is -0.137. The molecule has 0 aromatic carbocycles. The molecule has 1 aliphatic rings. The molecule has 1 N–H and O–H groups in total. The summed E-state index contributed by atoms with van der Waals surface area (Å²) in [5, 5.41) is 3.17. The molecule has 1 fully saturated rings. The summed E-state index contributed by atoms with van der Waals surface area (Å²) in [6.07, 6.45) is 6.37. The van der Waals surface area contributed by atoms with Crippen LogP contribution in [-0.4, -0.2) is 11.4 Å². The highest BCUT2D eigenvalue weighted by Crippen LogP contribution is 2.46. The van der Waals surface area contributed by atoms with E-state index in [0.717, 1.165) is 19.3 Å². The van der Waals surface area contributed by atoms with Gasteiger partial charge in [-0.1, -0.05) is 26.3 Å². The van der Waals surface area contributed by atoms with E-state index in [0.29, 0.717) is 11.8 Å². The predicted octanol–water partition coefficient (Wildman–Crippen LogP) is 3.92. The Morgan fingerprint density at radius 3 is 2.50 bits per heavy atom. The SMILES string of the molecule is C=C[C@@H]1CCC(CC)[C@@](C)(C(=O)NC(C)(C)C)C1. The van der Waals surface area contributed by atoms with Crippen LogP contribution in [0.4, 0.5) is 0 Å². The summed E-state index contributed by atoms with van der Waals surface area (Å²) >= 11 is 0. The first-order chi connectivity index (χ1) is 8.23. The summed E-state index contributed by atoms with van der Waals surface area (Å²) < 4.78 is 0. The molecule has 1 amide bonds. The number of hydrogen-bond donors (Lipinski definition) is 1. The molecule has 0 saturated heterocycles. The van der Waals surface area contributed by atoms with E-state index in [2.05, 4.69) is 25.7 Å². The lowest BCUT2D eigenvalue weighted by Crippen LogP contribution is -2.52. The fourth-order valence-corrected chi connectivity index (χ4v) is 3.16. The first kappa shape index (κ1) is 15.3. The number of hydrogen-bond acceptors (Lipinski definition) is 1. The van der Waals surface area contributed by atoms with Crippen molar-refractivity contribution in [1.29, 1.82) is 0 Å². The van der Waals surface area contributed by atoms with Crippen molar-refractivity contribution in [1.82, 2.24) is 5.32 Å². The van der Waals surface area contributed by atoms with Gasteiger partial charge in [0.2, 0.25) is 5.91 Å². The van der Waals surface area contributed by atoms with E-state index >= 15 is 0 Å². The fourth-order valence-electron chi connectivity index (χ4n) is 3.16. The molecule has 0 heterocycles. The molecule has 0 radical (unpaired) electrons. The standard InChI is InChI=1S/C16H29NO/c1-7-12-9-10-13(8-2)16(6,11-12)14(18)17-15(3,4)5/h7,12-13H,1,8-11H2,2-6H3,(H,17,18)/t12-,13?,16+/m1/s1. The van der Waals surface area contributed by atoms with E-state index in [9.17, 15) is 4.79 Å². The van der Waals surface area contributed by atoms with E-state index in [1.54, 1.807) is 0 Å². The maximum Gasteiger partial charge on any atom is 0.226 e. The lowest BCUT2D eigenvalue weighted by Gasteiger charge is -2.44. The van der Waals surface area contributed by atoms with Crippen LogP contribution in [0.3, 0.4) is 0 Å². The number of amides is 1. The normalized spacial score (nSPS) is 32.9. The van der Waals surface area contributed by atoms with Crippen molar-refractivity contribution in [3.8, 4) is 0 Å². The Hall–Kier alpha value is -0.790. The Kier molecular flexibility index (Phi) is 4.63. The van der Waals surface area contributed by atoms with Gasteiger partial charge < -0.3 is 5.32 Å². The zero-order valence-corrected chi connectivity index (χ0v) is 12.7. The Balaban J connectivity index is 2.89. The van der Waals surface area contributed by atoms with E-state index in [1.165, 1.54) is 6.42 Å². The van der Waals surface area contributed by atoms with Crippen LogP contribution in [-0.2, 0) is 4.79 Å². The predicted molar refractivity (Wildman–Crippen MR) is 77.3 cm³/mol. The van der Waals surface area contributed by atoms with Crippen molar-refractivity contribution in [2.45, 2.75) is 65.8 Å². The molecule has 1 unspecified atom stereocenters. The molecule has 104 valence electrons. The van der Waals surface area contributed by atoms with Crippen LogP contribution in [0.15, 0.2) is 12.7 Å². The van der Waals surface area contributed by atoms with Gasteiger partial charge in [0.1, 0.15) is 0 Å². The molecule has 0 aromatic heterocycles. The molecular formula is C16H29NO. The van der Waals surface area contributed by atoms with Crippen LogP contribution < -0.4 is 5.32 Å². The molecule has 2 nitrogen and oxygen atoms in total. The minimum Gasteiger partial charge on any atom is -0.351 e. The average molecular weight is 251 g/mol. The Morgan fingerprint density at radius 2 is 2.06 bits per heavy atom. The van der Waals surface area contributed by atoms with Gasteiger partial charge in [-0.05, 0) is 51.9 Å². The van der Waals surface area contributed by atoms with Gasteiger partial charge >= 0.3 is 0 Å². The van der Waals surface area contributed by atoms with Gasteiger partial charge in [-0.25, -0.2) is 0 Å². The monoisotopic (exact) mass is 251 g/mol. The van der Waals surface area contributed by atoms with Crippen LogP contribution in [0.2, 0.25) is 0 Å². The third-order valence-corrected chi connectivity index (χ3v) is 4.31. The van der Waals surface area contributed by atoms with Gasteiger partial charge in [-0.15, -0.1) is 6.58 Å². The van der Waals surface area contributed by atoms with Gasteiger partial charge in [-0.2, -0.15) is 0 Å². The van der Waals surface area contributed by atoms with Crippen LogP contribution in [0.1, 0.15) is 60.3 Å². The summed E-state index contributed by atoms with van der Waals surface area (Å²) in [7, 11) is 0. The van der Waals surface area contributed by atoms with Crippen LogP contribution in [0.25, 0.3) is 0 Å².